The molecule has 11 heavy (non-hydrogen) atoms. The van der Waals surface area contributed by atoms with Gasteiger partial charge >= 0.3 is 0 Å². The zero-order valence-electron chi connectivity index (χ0n) is 6.84. The Morgan fingerprint density at radius 2 is 2.45 bits per heavy atom. The lowest BCUT2D eigenvalue weighted by molar-refractivity contribution is 0.811. The van der Waals surface area contributed by atoms with Gasteiger partial charge in [-0.2, -0.15) is 0 Å². The molecule has 1 rings (SSSR count). The molecule has 62 valence electrons. The van der Waals surface area contributed by atoms with Crippen LogP contribution in [0.15, 0.2) is 5.38 Å². The minimum absolute atomic E-state index is 0.763. The van der Waals surface area contributed by atoms with Crippen LogP contribution in [0.1, 0.15) is 24.0 Å². The van der Waals surface area contributed by atoms with E-state index in [9.17, 15) is 0 Å². The van der Waals surface area contributed by atoms with E-state index in [-0.39, 0.29) is 0 Å². The Hall–Kier alpha value is -0.410. The monoisotopic (exact) mass is 170 g/mol. The Bertz CT molecular complexity index is 208. The van der Waals surface area contributed by atoms with Gasteiger partial charge in [-0.15, -0.1) is 11.3 Å². The fraction of sp³-hybridized carbons (Fsp3) is 0.625. The summed E-state index contributed by atoms with van der Waals surface area (Å²) in [5.41, 5.74) is 6.60. The highest BCUT2D eigenvalue weighted by atomic mass is 32.1. The Labute approximate surface area is 71.5 Å². The van der Waals surface area contributed by atoms with E-state index < -0.39 is 0 Å². The average molecular weight is 170 g/mol. The molecule has 0 aliphatic rings. The molecule has 2 N–H and O–H groups in total. The molecule has 0 radical (unpaired) electrons. The first-order valence-corrected chi connectivity index (χ1v) is 4.88. The zero-order valence-corrected chi connectivity index (χ0v) is 7.66. The zero-order chi connectivity index (χ0) is 8.10. The first-order valence-electron chi connectivity index (χ1n) is 4.00. The van der Waals surface area contributed by atoms with Crippen molar-refractivity contribution in [2.45, 2.75) is 26.2 Å². The van der Waals surface area contributed by atoms with Gasteiger partial charge in [0, 0.05) is 5.38 Å². The molecule has 1 heterocycles. The molecule has 1 aromatic rings. The van der Waals surface area contributed by atoms with E-state index in [4.69, 9.17) is 5.73 Å². The van der Waals surface area contributed by atoms with Gasteiger partial charge in [-0.25, -0.2) is 4.98 Å². The second-order valence-corrected chi connectivity index (χ2v) is 3.42. The van der Waals surface area contributed by atoms with E-state index in [0.29, 0.717) is 0 Å². The van der Waals surface area contributed by atoms with Crippen LogP contribution in [-0.4, -0.2) is 11.5 Å². The Morgan fingerprint density at radius 1 is 1.64 bits per heavy atom. The van der Waals surface area contributed by atoms with Crippen molar-refractivity contribution >= 4 is 11.3 Å². The van der Waals surface area contributed by atoms with Crippen LogP contribution < -0.4 is 5.73 Å². The smallest absolute Gasteiger partial charge is 0.0925 e. The minimum Gasteiger partial charge on any atom is -0.330 e. The van der Waals surface area contributed by atoms with Crippen molar-refractivity contribution < 1.29 is 0 Å². The van der Waals surface area contributed by atoms with E-state index in [1.807, 2.05) is 0 Å². The Morgan fingerprint density at radius 3 is 3.00 bits per heavy atom. The second kappa shape index (κ2) is 4.46. The summed E-state index contributed by atoms with van der Waals surface area (Å²) in [7, 11) is 0. The van der Waals surface area contributed by atoms with Gasteiger partial charge in [0.25, 0.3) is 0 Å². The molecule has 0 fully saturated rings. The highest BCUT2D eigenvalue weighted by Crippen LogP contribution is 2.11. The van der Waals surface area contributed by atoms with Crippen LogP contribution in [0.3, 0.4) is 0 Å². The van der Waals surface area contributed by atoms with Crippen LogP contribution in [0.5, 0.6) is 0 Å². The number of hydrogen-bond donors (Lipinski definition) is 1. The van der Waals surface area contributed by atoms with Crippen LogP contribution in [0.4, 0.5) is 0 Å². The number of hydrogen-bond acceptors (Lipinski definition) is 3. The highest BCUT2D eigenvalue weighted by molar-refractivity contribution is 7.09. The summed E-state index contributed by atoms with van der Waals surface area (Å²) >= 11 is 1.75. The quantitative estimate of drug-likeness (QED) is 0.745. The lowest BCUT2D eigenvalue weighted by atomic mass is 10.2. The molecule has 2 nitrogen and oxygen atoms in total. The van der Waals surface area contributed by atoms with Crippen molar-refractivity contribution in [1.82, 2.24) is 4.98 Å². The van der Waals surface area contributed by atoms with Crippen molar-refractivity contribution in [2.24, 2.45) is 5.73 Å². The lowest BCUT2D eigenvalue weighted by Gasteiger charge is -1.91. The molecule has 1 aromatic heterocycles. The fourth-order valence-electron chi connectivity index (χ4n) is 0.909. The maximum Gasteiger partial charge on any atom is 0.0925 e. The van der Waals surface area contributed by atoms with E-state index in [0.717, 1.165) is 25.8 Å². The summed E-state index contributed by atoms with van der Waals surface area (Å²) in [5.74, 6) is 0. The molecule has 0 amide bonds. The lowest BCUT2D eigenvalue weighted by Crippen LogP contribution is -2.00. The summed E-state index contributed by atoms with van der Waals surface area (Å²) < 4.78 is 0. The van der Waals surface area contributed by atoms with Crippen LogP contribution in [0.2, 0.25) is 0 Å². The van der Waals surface area contributed by atoms with Crippen molar-refractivity contribution in [3.8, 4) is 0 Å². The number of nitrogens with two attached hydrogens (primary N) is 1. The first-order chi connectivity index (χ1) is 5.36. The van der Waals surface area contributed by atoms with Crippen LogP contribution in [0.25, 0.3) is 0 Å². The third kappa shape index (κ3) is 2.60. The standard InChI is InChI=1S/C8H14N2S/c1-2-8-10-7(6-11-8)4-3-5-9/h6H,2-5,9H2,1H3. The third-order valence-corrected chi connectivity index (χ3v) is 2.58. The van der Waals surface area contributed by atoms with E-state index >= 15 is 0 Å². The van der Waals surface area contributed by atoms with Gasteiger partial charge in [0.2, 0.25) is 0 Å². The largest absolute Gasteiger partial charge is 0.330 e. The van der Waals surface area contributed by atoms with E-state index in [1.165, 1.54) is 10.7 Å². The molecule has 0 atom stereocenters. The van der Waals surface area contributed by atoms with Gasteiger partial charge in [0.05, 0.1) is 10.7 Å². The molecule has 0 saturated carbocycles. The normalized spacial score (nSPS) is 10.4. The van der Waals surface area contributed by atoms with Crippen LogP contribution >= 0.6 is 11.3 Å². The number of thiazole rings is 1. The Balaban J connectivity index is 2.44. The number of nitrogens with zero attached hydrogens (tertiary/aromatic N) is 1. The van der Waals surface area contributed by atoms with Crippen molar-refractivity contribution in [3.05, 3.63) is 16.1 Å². The molecule has 0 spiro atoms. The molecule has 0 saturated heterocycles. The van der Waals surface area contributed by atoms with Gasteiger partial charge in [-0.1, -0.05) is 6.92 Å². The third-order valence-electron chi connectivity index (χ3n) is 1.54. The Kier molecular flexibility index (Phi) is 3.52. The topological polar surface area (TPSA) is 38.9 Å². The molecule has 0 aliphatic carbocycles. The van der Waals surface area contributed by atoms with Gasteiger partial charge in [-0.3, -0.25) is 0 Å². The summed E-state index contributed by atoms with van der Waals surface area (Å²) in [6.07, 6.45) is 3.13. The minimum atomic E-state index is 0.763. The van der Waals surface area contributed by atoms with Gasteiger partial charge < -0.3 is 5.73 Å². The number of aromatic nitrogens is 1. The molecule has 0 aliphatic heterocycles. The van der Waals surface area contributed by atoms with Crippen molar-refractivity contribution in [3.63, 3.8) is 0 Å². The average Bonchev–Trinajstić information content (AvgIpc) is 2.48. The van der Waals surface area contributed by atoms with Gasteiger partial charge in [0.1, 0.15) is 0 Å². The predicted octanol–water partition coefficient (Wildman–Crippen LogP) is 1.60. The van der Waals surface area contributed by atoms with Gasteiger partial charge in [0.15, 0.2) is 0 Å². The maximum atomic E-state index is 5.39. The van der Waals surface area contributed by atoms with Crippen LogP contribution in [0, 0.1) is 0 Å². The van der Waals surface area contributed by atoms with E-state index in [1.54, 1.807) is 11.3 Å². The number of rotatable bonds is 4. The van der Waals surface area contributed by atoms with E-state index in [2.05, 4.69) is 17.3 Å². The second-order valence-electron chi connectivity index (χ2n) is 2.48. The molecule has 0 aromatic carbocycles. The molecular formula is C8H14N2S. The summed E-state index contributed by atoms with van der Waals surface area (Å²) in [4.78, 5) is 4.43. The molecule has 0 bridgehead atoms. The number of aryl methyl sites for hydroxylation is 2. The highest BCUT2D eigenvalue weighted by Gasteiger charge is 1.98. The first kappa shape index (κ1) is 8.68. The fourth-order valence-corrected chi connectivity index (χ4v) is 1.69. The molecule has 3 heteroatoms. The van der Waals surface area contributed by atoms with Gasteiger partial charge in [-0.05, 0) is 25.8 Å². The summed E-state index contributed by atoms with van der Waals surface area (Å²) in [6.45, 7) is 2.89. The maximum absolute atomic E-state index is 5.39. The van der Waals surface area contributed by atoms with Crippen molar-refractivity contribution in [1.29, 1.82) is 0 Å². The summed E-state index contributed by atoms with van der Waals surface area (Å²) in [6, 6.07) is 0. The van der Waals surface area contributed by atoms with Crippen LogP contribution in [-0.2, 0) is 12.8 Å². The SMILES string of the molecule is CCc1nc(CCCN)cs1. The molecular weight excluding hydrogens is 156 g/mol. The molecule has 0 unspecified atom stereocenters. The predicted molar refractivity (Wildman–Crippen MR) is 48.9 cm³/mol. The van der Waals surface area contributed by atoms with Crippen molar-refractivity contribution in [2.75, 3.05) is 6.54 Å². The summed E-state index contributed by atoms with van der Waals surface area (Å²) in [5, 5.41) is 3.37.